The number of para-hydroxylation sites is 2. The van der Waals surface area contributed by atoms with Gasteiger partial charge in [0.2, 0.25) is 0 Å². The second kappa shape index (κ2) is 6.90. The van der Waals surface area contributed by atoms with Gasteiger partial charge in [-0.05, 0) is 13.0 Å². The van der Waals surface area contributed by atoms with Crippen molar-refractivity contribution in [3.63, 3.8) is 0 Å². The number of nitro groups is 1. The second-order valence-electron chi connectivity index (χ2n) is 5.01. The second-order valence-corrected chi connectivity index (χ2v) is 5.01. The number of nitro benzene ring substituents is 1. The summed E-state index contributed by atoms with van der Waals surface area (Å²) >= 11 is 0. The third-order valence-corrected chi connectivity index (χ3v) is 3.38. The number of rotatable bonds is 6. The molecule has 2 aromatic rings. The number of nitrogens with zero attached hydrogens (tertiary/aromatic N) is 3. The van der Waals surface area contributed by atoms with Crippen LogP contribution in [-0.2, 0) is 13.6 Å². The van der Waals surface area contributed by atoms with Gasteiger partial charge in [0.1, 0.15) is 6.61 Å². The van der Waals surface area contributed by atoms with Crippen molar-refractivity contribution in [2.45, 2.75) is 13.5 Å². The van der Waals surface area contributed by atoms with E-state index in [1.165, 1.54) is 38.4 Å². The number of hydrogen-bond acceptors (Lipinski definition) is 6. The van der Waals surface area contributed by atoms with Crippen LogP contribution in [0.4, 0.5) is 5.69 Å². The molecule has 126 valence electrons. The normalized spacial score (nSPS) is 10.4. The zero-order chi connectivity index (χ0) is 17.9. The van der Waals surface area contributed by atoms with E-state index in [0.717, 1.165) is 9.13 Å². The molecule has 0 N–H and O–H groups in total. The van der Waals surface area contributed by atoms with Crippen LogP contribution < -0.4 is 16.0 Å². The van der Waals surface area contributed by atoms with Crippen LogP contribution in [0.3, 0.4) is 0 Å². The Balaban J connectivity index is 2.22. The molecule has 0 amide bonds. The lowest BCUT2D eigenvalue weighted by Crippen LogP contribution is -2.41. The first-order valence-corrected chi connectivity index (χ1v) is 7.00. The number of ether oxygens (including phenoxy) is 1. The predicted octanol–water partition coefficient (Wildman–Crippen LogP) is 0.737. The molecule has 0 radical (unpaired) electrons. The average Bonchev–Trinajstić information content (AvgIpc) is 2.54. The highest BCUT2D eigenvalue weighted by Crippen LogP contribution is 2.25. The number of carbonyl (C=O) groups excluding carboxylic acids is 1. The summed E-state index contributed by atoms with van der Waals surface area (Å²) in [6.45, 7) is 1.22. The van der Waals surface area contributed by atoms with Crippen molar-refractivity contribution in [3.8, 4) is 5.75 Å². The molecule has 9 nitrogen and oxygen atoms in total. The van der Waals surface area contributed by atoms with Gasteiger partial charge in [-0.3, -0.25) is 28.8 Å². The third kappa shape index (κ3) is 3.40. The van der Waals surface area contributed by atoms with E-state index in [-0.39, 0.29) is 30.2 Å². The monoisotopic (exact) mass is 333 g/mol. The van der Waals surface area contributed by atoms with Crippen LogP contribution in [0.5, 0.6) is 5.75 Å². The molecular formula is C15H15N3O6. The van der Waals surface area contributed by atoms with Gasteiger partial charge < -0.3 is 4.74 Å². The van der Waals surface area contributed by atoms with E-state index < -0.39 is 22.0 Å². The Labute approximate surface area is 135 Å². The standard InChI is InChI=1S/C15H15N3O6/c1-10(19)11-9-17(15(21)16(2)14(11)20)7-8-24-13-6-4-3-5-12(13)18(22)23/h3-6,9H,7-8H2,1-2H3. The van der Waals surface area contributed by atoms with Crippen LogP contribution in [0.1, 0.15) is 17.3 Å². The molecule has 1 heterocycles. The average molecular weight is 333 g/mol. The summed E-state index contributed by atoms with van der Waals surface area (Å²) < 4.78 is 7.35. The minimum absolute atomic E-state index is 0.0271. The minimum Gasteiger partial charge on any atom is -0.485 e. The van der Waals surface area contributed by atoms with Crippen LogP contribution in [0.25, 0.3) is 0 Å². The van der Waals surface area contributed by atoms with E-state index in [0.29, 0.717) is 0 Å². The molecular weight excluding hydrogens is 318 g/mol. The van der Waals surface area contributed by atoms with Crippen molar-refractivity contribution >= 4 is 11.5 Å². The Morgan fingerprint density at radius 3 is 2.58 bits per heavy atom. The maximum Gasteiger partial charge on any atom is 0.330 e. The van der Waals surface area contributed by atoms with Gasteiger partial charge in [-0.25, -0.2) is 4.79 Å². The highest BCUT2D eigenvalue weighted by atomic mass is 16.6. The molecule has 0 saturated heterocycles. The zero-order valence-corrected chi connectivity index (χ0v) is 13.1. The van der Waals surface area contributed by atoms with Crippen LogP contribution >= 0.6 is 0 Å². The van der Waals surface area contributed by atoms with E-state index in [1.807, 2.05) is 0 Å². The van der Waals surface area contributed by atoms with Crippen molar-refractivity contribution in [1.29, 1.82) is 0 Å². The SMILES string of the molecule is CC(=O)c1cn(CCOc2ccccc2[N+](=O)[O-])c(=O)n(C)c1=O. The fourth-order valence-electron chi connectivity index (χ4n) is 2.11. The first kappa shape index (κ1) is 17.1. The lowest BCUT2D eigenvalue weighted by atomic mass is 10.2. The smallest absolute Gasteiger partial charge is 0.330 e. The molecule has 0 saturated carbocycles. The molecule has 0 bridgehead atoms. The summed E-state index contributed by atoms with van der Waals surface area (Å²) in [5, 5.41) is 10.9. The largest absolute Gasteiger partial charge is 0.485 e. The first-order chi connectivity index (χ1) is 11.3. The topological polar surface area (TPSA) is 113 Å². The van der Waals surface area contributed by atoms with E-state index in [2.05, 4.69) is 0 Å². The Hall–Kier alpha value is -3.23. The Morgan fingerprint density at radius 1 is 1.29 bits per heavy atom. The van der Waals surface area contributed by atoms with Gasteiger partial charge in [-0.15, -0.1) is 0 Å². The molecule has 9 heteroatoms. The van der Waals surface area contributed by atoms with Gasteiger partial charge >= 0.3 is 11.4 Å². The van der Waals surface area contributed by atoms with E-state index >= 15 is 0 Å². The Morgan fingerprint density at radius 2 is 1.96 bits per heavy atom. The van der Waals surface area contributed by atoms with Crippen molar-refractivity contribution in [2.24, 2.45) is 7.05 Å². The van der Waals surface area contributed by atoms with Crippen molar-refractivity contribution in [2.75, 3.05) is 6.61 Å². The van der Waals surface area contributed by atoms with Crippen LogP contribution in [0, 0.1) is 10.1 Å². The highest BCUT2D eigenvalue weighted by Gasteiger charge is 2.15. The summed E-state index contributed by atoms with van der Waals surface area (Å²) in [5.41, 5.74) is -1.56. The highest BCUT2D eigenvalue weighted by molar-refractivity contribution is 5.93. The fraction of sp³-hybridized carbons (Fsp3) is 0.267. The lowest BCUT2D eigenvalue weighted by molar-refractivity contribution is -0.385. The quantitative estimate of drug-likeness (QED) is 0.437. The Kier molecular flexibility index (Phi) is 4.93. The van der Waals surface area contributed by atoms with Gasteiger partial charge in [0.15, 0.2) is 11.5 Å². The van der Waals surface area contributed by atoms with Crippen molar-refractivity contribution in [1.82, 2.24) is 9.13 Å². The molecule has 0 unspecified atom stereocenters. The molecule has 0 fully saturated rings. The number of Topliss-reactive ketones (excluding diaryl/α,β-unsaturated/α-hetero) is 1. The van der Waals surface area contributed by atoms with Crippen molar-refractivity contribution in [3.05, 3.63) is 67.0 Å². The number of hydrogen-bond donors (Lipinski definition) is 0. The van der Waals surface area contributed by atoms with E-state index in [4.69, 9.17) is 4.74 Å². The molecule has 0 spiro atoms. The summed E-state index contributed by atoms with van der Waals surface area (Å²) in [7, 11) is 1.27. The van der Waals surface area contributed by atoms with Gasteiger partial charge in [0.05, 0.1) is 17.0 Å². The van der Waals surface area contributed by atoms with E-state index in [9.17, 15) is 24.5 Å². The molecule has 0 aliphatic rings. The maximum atomic E-state index is 12.0. The molecule has 24 heavy (non-hydrogen) atoms. The maximum absolute atomic E-state index is 12.0. The summed E-state index contributed by atoms with van der Waals surface area (Å²) in [5.74, 6) is -0.379. The minimum atomic E-state index is -0.664. The van der Waals surface area contributed by atoms with Gasteiger partial charge in [0.25, 0.3) is 5.56 Å². The Bertz CT molecular complexity index is 912. The summed E-state index contributed by atoms with van der Waals surface area (Å²) in [6.07, 6.45) is 1.18. The third-order valence-electron chi connectivity index (χ3n) is 3.38. The number of benzene rings is 1. The van der Waals surface area contributed by atoms with Crippen LogP contribution in [0.15, 0.2) is 40.1 Å². The van der Waals surface area contributed by atoms with Crippen LogP contribution in [0.2, 0.25) is 0 Å². The molecule has 0 aliphatic heterocycles. The molecule has 2 rings (SSSR count). The number of aromatic nitrogens is 2. The number of ketones is 1. The van der Waals surface area contributed by atoms with Gasteiger partial charge in [-0.2, -0.15) is 0 Å². The zero-order valence-electron chi connectivity index (χ0n) is 13.1. The van der Waals surface area contributed by atoms with Gasteiger partial charge in [-0.1, -0.05) is 12.1 Å². The molecule has 1 aromatic heterocycles. The fourth-order valence-corrected chi connectivity index (χ4v) is 2.11. The predicted molar refractivity (Wildman–Crippen MR) is 84.5 cm³/mol. The first-order valence-electron chi connectivity index (χ1n) is 7.00. The van der Waals surface area contributed by atoms with Crippen LogP contribution in [-0.4, -0.2) is 26.4 Å². The molecule has 0 aliphatic carbocycles. The van der Waals surface area contributed by atoms with E-state index in [1.54, 1.807) is 6.07 Å². The van der Waals surface area contributed by atoms with Gasteiger partial charge in [0, 0.05) is 19.3 Å². The van der Waals surface area contributed by atoms with Crippen molar-refractivity contribution < 1.29 is 14.5 Å². The summed E-state index contributed by atoms with van der Waals surface area (Å²) in [4.78, 5) is 45.7. The summed E-state index contributed by atoms with van der Waals surface area (Å²) in [6, 6.07) is 5.86. The molecule has 1 aromatic carbocycles. The lowest BCUT2D eigenvalue weighted by Gasteiger charge is -2.10. The number of carbonyl (C=O) groups is 1. The molecule has 0 atom stereocenters.